The largest absolute Gasteiger partial charge is 0.416 e. The fraction of sp³-hybridized carbons (Fsp3) is 0.150. The number of allylic oxidation sites excluding steroid dienone is 2. The van der Waals surface area contributed by atoms with Crippen molar-refractivity contribution in [2.24, 2.45) is 5.11 Å². The zero-order valence-electron chi connectivity index (χ0n) is 13.7. The summed E-state index contributed by atoms with van der Waals surface area (Å²) in [4.78, 5) is 12.3. The fourth-order valence-electron chi connectivity index (χ4n) is 2.74. The molecule has 0 saturated heterocycles. The van der Waals surface area contributed by atoms with E-state index in [4.69, 9.17) is 0 Å². The molecule has 3 rings (SSSR count). The number of benzene rings is 2. The number of carbonyl (C=O) groups excluding carboxylic acids is 1. The van der Waals surface area contributed by atoms with E-state index in [0.29, 0.717) is 5.56 Å². The van der Waals surface area contributed by atoms with E-state index < -0.39 is 23.7 Å². The molecule has 3 nitrogen and oxygen atoms in total. The summed E-state index contributed by atoms with van der Waals surface area (Å²) in [5.74, 6) is -0.445. The average molecular weight is 357 g/mol. The molecule has 1 unspecified atom stereocenters. The third-order valence-electron chi connectivity index (χ3n) is 4.00. The highest BCUT2D eigenvalue weighted by atomic mass is 19.4. The van der Waals surface area contributed by atoms with Crippen LogP contribution in [0.5, 0.6) is 0 Å². The van der Waals surface area contributed by atoms with Crippen LogP contribution in [0.1, 0.15) is 21.5 Å². The van der Waals surface area contributed by atoms with Crippen LogP contribution in [0.4, 0.5) is 13.2 Å². The first-order valence-electron chi connectivity index (χ1n) is 8.04. The van der Waals surface area contributed by atoms with Gasteiger partial charge in [0.25, 0.3) is 0 Å². The van der Waals surface area contributed by atoms with Crippen LogP contribution < -0.4 is 0 Å². The Bertz CT molecular complexity index is 883. The smallest absolute Gasteiger partial charge is 0.260 e. The minimum Gasteiger partial charge on any atom is -0.260 e. The molecular weight excluding hydrogens is 341 g/mol. The number of amides is 1. The average Bonchev–Trinajstić information content (AvgIpc) is 2.63. The van der Waals surface area contributed by atoms with Gasteiger partial charge in [0.15, 0.2) is 6.20 Å². The van der Waals surface area contributed by atoms with Crippen molar-refractivity contribution in [1.29, 1.82) is 0 Å². The Morgan fingerprint density at radius 3 is 2.42 bits per heavy atom. The quantitative estimate of drug-likeness (QED) is 0.711. The SMILES string of the molecule is O=C(N=[N+]1C=CC=CC1Cc1ccccc1C(F)(F)F)c1ccccc1. The van der Waals surface area contributed by atoms with Gasteiger partial charge in [-0.1, -0.05) is 47.2 Å². The fourth-order valence-corrected chi connectivity index (χ4v) is 2.74. The molecule has 1 amide bonds. The van der Waals surface area contributed by atoms with Gasteiger partial charge in [0, 0.05) is 23.2 Å². The molecule has 0 aromatic heterocycles. The molecule has 2 aromatic rings. The molecule has 0 bridgehead atoms. The van der Waals surface area contributed by atoms with Crippen molar-refractivity contribution in [2.75, 3.05) is 0 Å². The van der Waals surface area contributed by atoms with E-state index in [2.05, 4.69) is 5.11 Å². The van der Waals surface area contributed by atoms with Gasteiger partial charge in [-0.2, -0.15) is 13.2 Å². The van der Waals surface area contributed by atoms with Crippen molar-refractivity contribution in [3.05, 3.63) is 95.7 Å². The van der Waals surface area contributed by atoms with Crippen molar-refractivity contribution in [3.8, 4) is 0 Å². The lowest BCUT2D eigenvalue weighted by atomic mass is 9.99. The maximum Gasteiger partial charge on any atom is 0.416 e. The summed E-state index contributed by atoms with van der Waals surface area (Å²) in [5, 5.41) is 4.05. The van der Waals surface area contributed by atoms with Gasteiger partial charge in [-0.05, 0) is 29.8 Å². The minimum absolute atomic E-state index is 0.0854. The second-order valence-electron chi connectivity index (χ2n) is 5.80. The molecule has 1 atom stereocenters. The van der Waals surface area contributed by atoms with E-state index in [0.717, 1.165) is 6.07 Å². The molecule has 2 aromatic carbocycles. The minimum atomic E-state index is -4.42. The second-order valence-corrected chi connectivity index (χ2v) is 5.80. The summed E-state index contributed by atoms with van der Waals surface area (Å²) in [6, 6.07) is 13.5. The molecule has 0 aliphatic carbocycles. The highest BCUT2D eigenvalue weighted by Gasteiger charge is 2.34. The van der Waals surface area contributed by atoms with Crippen molar-refractivity contribution >= 4 is 5.91 Å². The Hall–Kier alpha value is -3.02. The van der Waals surface area contributed by atoms with Gasteiger partial charge < -0.3 is 0 Å². The topological polar surface area (TPSA) is 32.4 Å². The molecule has 26 heavy (non-hydrogen) atoms. The maximum absolute atomic E-state index is 13.2. The number of carbonyl (C=O) groups is 1. The van der Waals surface area contributed by atoms with Crippen molar-refractivity contribution in [3.63, 3.8) is 0 Å². The van der Waals surface area contributed by atoms with Crippen LogP contribution in [-0.4, -0.2) is 16.6 Å². The molecule has 1 heterocycles. The van der Waals surface area contributed by atoms with Gasteiger partial charge in [-0.15, -0.1) is 0 Å². The van der Waals surface area contributed by atoms with Gasteiger partial charge >= 0.3 is 12.1 Å². The first-order valence-corrected chi connectivity index (χ1v) is 8.04. The van der Waals surface area contributed by atoms with Crippen LogP contribution >= 0.6 is 0 Å². The molecule has 0 fully saturated rings. The third kappa shape index (κ3) is 4.14. The predicted octanol–water partition coefficient (Wildman–Crippen LogP) is 5.01. The van der Waals surface area contributed by atoms with Gasteiger partial charge in [0.1, 0.15) is 0 Å². The molecule has 0 saturated carbocycles. The number of rotatable bonds is 3. The Balaban J connectivity index is 1.88. The lowest BCUT2D eigenvalue weighted by Crippen LogP contribution is -2.25. The number of azo groups is 2. The summed E-state index contributed by atoms with van der Waals surface area (Å²) < 4.78 is 41.0. The number of alkyl halides is 3. The highest BCUT2D eigenvalue weighted by Crippen LogP contribution is 2.32. The summed E-state index contributed by atoms with van der Waals surface area (Å²) in [7, 11) is 0. The van der Waals surface area contributed by atoms with Crippen molar-refractivity contribution in [2.45, 2.75) is 18.6 Å². The molecule has 6 heteroatoms. The monoisotopic (exact) mass is 357 g/mol. The molecule has 0 N–H and O–H groups in total. The summed E-state index contributed by atoms with van der Waals surface area (Å²) in [6.45, 7) is 0. The van der Waals surface area contributed by atoms with Crippen LogP contribution in [0.15, 0.2) is 84.1 Å². The Morgan fingerprint density at radius 1 is 1.00 bits per heavy atom. The molecule has 132 valence electrons. The lowest BCUT2D eigenvalue weighted by Gasteiger charge is -2.15. The first-order chi connectivity index (χ1) is 12.4. The van der Waals surface area contributed by atoms with Crippen molar-refractivity contribution < 1.29 is 22.7 Å². The van der Waals surface area contributed by atoms with E-state index >= 15 is 0 Å². The van der Waals surface area contributed by atoms with Gasteiger partial charge in [0.2, 0.25) is 6.04 Å². The van der Waals surface area contributed by atoms with E-state index in [-0.39, 0.29) is 12.0 Å². The molecule has 1 aliphatic heterocycles. The van der Waals surface area contributed by atoms with Crippen LogP contribution in [0.2, 0.25) is 0 Å². The standard InChI is InChI=1S/C20H16F3N2O/c21-20(22,23)18-12-5-4-10-16(18)14-17-11-6-7-13-25(17)24-19(26)15-8-2-1-3-9-15/h1-13,17H,14H2/q+1. The van der Waals surface area contributed by atoms with Crippen molar-refractivity contribution in [1.82, 2.24) is 0 Å². The summed E-state index contributed by atoms with van der Waals surface area (Å²) >= 11 is 0. The van der Waals surface area contributed by atoms with E-state index in [1.165, 1.54) is 16.8 Å². The van der Waals surface area contributed by atoms with Crippen LogP contribution in [-0.2, 0) is 12.6 Å². The second kappa shape index (κ2) is 7.47. The van der Waals surface area contributed by atoms with Gasteiger partial charge in [0.05, 0.1) is 5.56 Å². The normalized spacial score (nSPS) is 18.3. The number of nitrogens with zero attached hydrogens (tertiary/aromatic N) is 2. The number of hydrogen-bond acceptors (Lipinski definition) is 1. The van der Waals surface area contributed by atoms with E-state index in [9.17, 15) is 18.0 Å². The van der Waals surface area contributed by atoms with Gasteiger partial charge in [-0.25, -0.2) is 0 Å². The van der Waals surface area contributed by atoms with Gasteiger partial charge in [-0.3, -0.25) is 4.79 Å². The first kappa shape index (κ1) is 17.8. The zero-order valence-corrected chi connectivity index (χ0v) is 13.7. The summed E-state index contributed by atoms with van der Waals surface area (Å²) in [5.41, 5.74) is -0.0838. The maximum atomic E-state index is 13.2. The molecular formula is C20H16F3N2O+. The Morgan fingerprint density at radius 2 is 1.69 bits per heavy atom. The predicted molar refractivity (Wildman–Crippen MR) is 90.7 cm³/mol. The van der Waals surface area contributed by atoms with Crippen LogP contribution in [0.3, 0.4) is 0 Å². The molecule has 1 aliphatic rings. The third-order valence-corrected chi connectivity index (χ3v) is 4.00. The highest BCUT2D eigenvalue weighted by molar-refractivity contribution is 5.94. The number of hydrogen-bond donors (Lipinski definition) is 0. The lowest BCUT2D eigenvalue weighted by molar-refractivity contribution is -0.551. The summed E-state index contributed by atoms with van der Waals surface area (Å²) in [6.07, 6.45) is 2.40. The zero-order chi connectivity index (χ0) is 18.6. The van der Waals surface area contributed by atoms with Crippen LogP contribution in [0, 0.1) is 0 Å². The molecule has 0 spiro atoms. The van der Waals surface area contributed by atoms with E-state index in [1.54, 1.807) is 60.8 Å². The number of halogens is 3. The Kier molecular flexibility index (Phi) is 5.11. The Labute approximate surface area is 148 Å². The van der Waals surface area contributed by atoms with E-state index in [1.807, 2.05) is 0 Å². The van der Waals surface area contributed by atoms with Crippen LogP contribution in [0.25, 0.3) is 0 Å². The molecule has 0 radical (unpaired) electrons.